The lowest BCUT2D eigenvalue weighted by molar-refractivity contribution is 0.0949. The van der Waals surface area contributed by atoms with Crippen LogP contribution in [-0.2, 0) is 6.54 Å². The highest BCUT2D eigenvalue weighted by molar-refractivity contribution is 6.04. The van der Waals surface area contributed by atoms with Crippen LogP contribution in [0.5, 0.6) is 17.2 Å². The fourth-order valence-electron chi connectivity index (χ4n) is 3.21. The fourth-order valence-corrected chi connectivity index (χ4v) is 3.21. The molecule has 0 saturated carbocycles. The zero-order chi connectivity index (χ0) is 24.3. The van der Waals surface area contributed by atoms with Crippen molar-refractivity contribution in [2.24, 2.45) is 0 Å². The van der Waals surface area contributed by atoms with Crippen LogP contribution in [0.3, 0.4) is 0 Å². The van der Waals surface area contributed by atoms with E-state index < -0.39 is 0 Å². The smallest absolute Gasteiger partial charge is 0.257 e. The third-order valence-electron chi connectivity index (χ3n) is 4.76. The summed E-state index contributed by atoms with van der Waals surface area (Å²) in [5, 5.41) is 5.73. The minimum absolute atomic E-state index is 0.236. The molecule has 0 fully saturated rings. The van der Waals surface area contributed by atoms with E-state index in [1.54, 1.807) is 42.6 Å². The van der Waals surface area contributed by atoms with Crippen molar-refractivity contribution in [1.29, 1.82) is 0 Å². The van der Waals surface area contributed by atoms with Crippen LogP contribution >= 0.6 is 0 Å². The molecule has 0 aliphatic heterocycles. The number of pyridine rings is 1. The molecule has 0 bridgehead atoms. The quantitative estimate of drug-likeness (QED) is 0.436. The van der Waals surface area contributed by atoms with Gasteiger partial charge in [-0.25, -0.2) is 0 Å². The molecule has 1 aromatic heterocycles. The molecule has 1 heterocycles. The highest BCUT2D eigenvalue weighted by Gasteiger charge is 2.18. The molecule has 178 valence electrons. The summed E-state index contributed by atoms with van der Waals surface area (Å²) in [6.07, 6.45) is 3.12. The van der Waals surface area contributed by atoms with Gasteiger partial charge in [-0.3, -0.25) is 14.6 Å². The molecule has 0 unspecified atom stereocenters. The Morgan fingerprint density at radius 2 is 1.47 bits per heavy atom. The average molecular weight is 464 g/mol. The topological polar surface area (TPSA) is 98.8 Å². The molecular weight excluding hydrogens is 434 g/mol. The van der Waals surface area contributed by atoms with Crippen molar-refractivity contribution in [3.8, 4) is 17.2 Å². The number of amides is 2. The van der Waals surface area contributed by atoms with Crippen molar-refractivity contribution in [3.05, 3.63) is 77.6 Å². The summed E-state index contributed by atoms with van der Waals surface area (Å²) < 4.78 is 17.1. The highest BCUT2D eigenvalue weighted by Crippen LogP contribution is 2.39. The maximum absolute atomic E-state index is 12.8. The first-order valence-corrected chi connectivity index (χ1v) is 11.2. The lowest BCUT2D eigenvalue weighted by Crippen LogP contribution is -2.23. The maximum Gasteiger partial charge on any atom is 0.257 e. The highest BCUT2D eigenvalue weighted by atomic mass is 16.5. The number of hydrogen-bond acceptors (Lipinski definition) is 6. The van der Waals surface area contributed by atoms with Gasteiger partial charge < -0.3 is 24.8 Å². The van der Waals surface area contributed by atoms with Crippen LogP contribution in [0.2, 0.25) is 0 Å². The third kappa shape index (κ3) is 6.48. The number of aromatic nitrogens is 1. The Labute approximate surface area is 199 Å². The second-order valence-corrected chi connectivity index (χ2v) is 7.18. The van der Waals surface area contributed by atoms with Crippen LogP contribution in [0.25, 0.3) is 0 Å². The molecule has 8 heteroatoms. The summed E-state index contributed by atoms with van der Waals surface area (Å²) in [5.41, 5.74) is 2.43. The molecule has 0 aliphatic carbocycles. The van der Waals surface area contributed by atoms with Gasteiger partial charge in [0, 0.05) is 30.2 Å². The SMILES string of the molecule is CCOc1cc(C(=O)NCc2ccc(NC(=O)c3cccnc3)cc2)cc(OCC)c1OCC. The Morgan fingerprint density at radius 3 is 2.03 bits per heavy atom. The van der Waals surface area contributed by atoms with E-state index >= 15 is 0 Å². The Balaban J connectivity index is 1.66. The van der Waals surface area contributed by atoms with E-state index in [1.165, 1.54) is 6.20 Å². The number of nitrogens with one attached hydrogen (secondary N) is 2. The Kier molecular flexibility index (Phi) is 8.85. The monoisotopic (exact) mass is 463 g/mol. The van der Waals surface area contributed by atoms with Crippen molar-refractivity contribution in [2.75, 3.05) is 25.1 Å². The number of benzene rings is 2. The second-order valence-electron chi connectivity index (χ2n) is 7.18. The van der Waals surface area contributed by atoms with Crippen LogP contribution in [0.4, 0.5) is 5.69 Å². The van der Waals surface area contributed by atoms with E-state index in [1.807, 2.05) is 32.9 Å². The molecule has 0 aliphatic rings. The van der Waals surface area contributed by atoms with Crippen LogP contribution in [0.1, 0.15) is 47.1 Å². The minimum atomic E-state index is -0.265. The summed E-state index contributed by atoms with van der Waals surface area (Å²) >= 11 is 0. The first kappa shape index (κ1) is 24.6. The molecule has 0 spiro atoms. The largest absolute Gasteiger partial charge is 0.490 e. The molecule has 0 atom stereocenters. The van der Waals surface area contributed by atoms with Gasteiger partial charge in [0.2, 0.25) is 5.75 Å². The minimum Gasteiger partial charge on any atom is -0.490 e. The van der Waals surface area contributed by atoms with Gasteiger partial charge in [0.05, 0.1) is 25.4 Å². The summed E-state index contributed by atoms with van der Waals surface area (Å²) in [6, 6.07) is 14.0. The molecule has 0 saturated heterocycles. The second kappa shape index (κ2) is 12.2. The van der Waals surface area contributed by atoms with Gasteiger partial charge in [-0.05, 0) is 62.7 Å². The van der Waals surface area contributed by atoms with Gasteiger partial charge >= 0.3 is 0 Å². The number of anilines is 1. The van der Waals surface area contributed by atoms with Gasteiger partial charge in [0.1, 0.15) is 0 Å². The molecule has 2 amide bonds. The lowest BCUT2D eigenvalue weighted by Gasteiger charge is -2.17. The molecular formula is C26H29N3O5. The first-order valence-electron chi connectivity index (χ1n) is 11.2. The molecule has 3 rings (SSSR count). The Morgan fingerprint density at radius 1 is 0.824 bits per heavy atom. The van der Waals surface area contributed by atoms with E-state index in [4.69, 9.17) is 14.2 Å². The number of carbonyl (C=O) groups excluding carboxylic acids is 2. The van der Waals surface area contributed by atoms with Crippen molar-refractivity contribution in [2.45, 2.75) is 27.3 Å². The van der Waals surface area contributed by atoms with E-state index in [0.29, 0.717) is 60.4 Å². The molecule has 2 N–H and O–H groups in total. The predicted octanol–water partition coefficient (Wildman–Crippen LogP) is 4.46. The zero-order valence-electron chi connectivity index (χ0n) is 19.6. The van der Waals surface area contributed by atoms with Gasteiger partial charge in [-0.15, -0.1) is 0 Å². The van der Waals surface area contributed by atoms with Crippen LogP contribution in [0, 0.1) is 0 Å². The van der Waals surface area contributed by atoms with E-state index in [-0.39, 0.29) is 11.8 Å². The standard InChI is InChI=1S/C26H29N3O5/c1-4-32-22-14-20(15-23(33-5-2)24(22)34-6-3)25(30)28-16-18-9-11-21(12-10-18)29-26(31)19-8-7-13-27-17-19/h7-15,17H,4-6,16H2,1-3H3,(H,28,30)(H,29,31). The van der Waals surface area contributed by atoms with Gasteiger partial charge in [0.15, 0.2) is 11.5 Å². The summed E-state index contributed by atoms with van der Waals surface area (Å²) in [6.45, 7) is 7.24. The first-order chi connectivity index (χ1) is 16.5. The zero-order valence-corrected chi connectivity index (χ0v) is 19.6. The molecule has 0 radical (unpaired) electrons. The summed E-state index contributed by atoms with van der Waals surface area (Å²) in [4.78, 5) is 29.0. The van der Waals surface area contributed by atoms with Crippen LogP contribution < -0.4 is 24.8 Å². The lowest BCUT2D eigenvalue weighted by atomic mass is 10.1. The Bertz CT molecular complexity index is 1070. The van der Waals surface area contributed by atoms with Gasteiger partial charge in [-0.1, -0.05) is 12.1 Å². The maximum atomic E-state index is 12.8. The van der Waals surface area contributed by atoms with E-state index in [2.05, 4.69) is 15.6 Å². The third-order valence-corrected chi connectivity index (χ3v) is 4.76. The van der Waals surface area contributed by atoms with Crippen LogP contribution in [-0.4, -0.2) is 36.6 Å². The number of carbonyl (C=O) groups is 2. The van der Waals surface area contributed by atoms with Gasteiger partial charge in [-0.2, -0.15) is 0 Å². The van der Waals surface area contributed by atoms with Crippen LogP contribution in [0.15, 0.2) is 60.9 Å². The van der Waals surface area contributed by atoms with Gasteiger partial charge in [0.25, 0.3) is 11.8 Å². The van der Waals surface area contributed by atoms with E-state index in [9.17, 15) is 9.59 Å². The molecule has 3 aromatic rings. The summed E-state index contributed by atoms with van der Waals surface area (Å²) in [5.74, 6) is 0.925. The number of ether oxygens (including phenoxy) is 3. The van der Waals surface area contributed by atoms with Crippen molar-refractivity contribution in [1.82, 2.24) is 10.3 Å². The number of hydrogen-bond donors (Lipinski definition) is 2. The number of rotatable bonds is 11. The summed E-state index contributed by atoms with van der Waals surface area (Å²) in [7, 11) is 0. The van der Waals surface area contributed by atoms with Crippen molar-refractivity contribution < 1.29 is 23.8 Å². The predicted molar refractivity (Wildman–Crippen MR) is 130 cm³/mol. The fraction of sp³-hybridized carbons (Fsp3) is 0.269. The van der Waals surface area contributed by atoms with E-state index in [0.717, 1.165) is 5.56 Å². The molecule has 2 aromatic carbocycles. The van der Waals surface area contributed by atoms with Crippen molar-refractivity contribution in [3.63, 3.8) is 0 Å². The average Bonchev–Trinajstić information content (AvgIpc) is 2.86. The molecule has 34 heavy (non-hydrogen) atoms. The normalized spacial score (nSPS) is 10.3. The number of nitrogens with zero attached hydrogens (tertiary/aromatic N) is 1. The molecule has 8 nitrogen and oxygen atoms in total. The Hall–Kier alpha value is -4.07. The van der Waals surface area contributed by atoms with Crippen molar-refractivity contribution >= 4 is 17.5 Å².